The molecule has 2 N–H and O–H groups in total. The van der Waals surface area contributed by atoms with Crippen molar-refractivity contribution in [2.24, 2.45) is 5.92 Å². The lowest BCUT2D eigenvalue weighted by Crippen LogP contribution is -2.57. The Balaban J connectivity index is 2.06. The first-order valence-corrected chi connectivity index (χ1v) is 12.5. The number of carbonyl (C=O) groups excluding carboxylic acids is 2. The first-order chi connectivity index (χ1) is 11.4. The summed E-state index contributed by atoms with van der Waals surface area (Å²) in [5, 5.41) is 12.0. The molecule has 2 aliphatic heterocycles. The summed E-state index contributed by atoms with van der Waals surface area (Å²) in [6, 6.07) is -0.608. The zero-order valence-corrected chi connectivity index (χ0v) is 17.5. The number of aliphatic hydroxyl groups is 1. The predicted molar refractivity (Wildman–Crippen MR) is 98.4 cm³/mol. The largest absolute Gasteiger partial charge is 0.402 e. The van der Waals surface area contributed by atoms with E-state index in [-0.39, 0.29) is 11.6 Å². The summed E-state index contributed by atoms with van der Waals surface area (Å²) in [5.74, 6) is -0.468. The van der Waals surface area contributed by atoms with Crippen molar-refractivity contribution in [1.29, 1.82) is 0 Å². The van der Waals surface area contributed by atoms with E-state index in [1.54, 1.807) is 0 Å². The monoisotopic (exact) mass is 392 g/mol. The Kier molecular flexibility index (Phi) is 5.93. The number of urea groups is 1. The standard InChI is InChI=1S/C16H29FN2O4SSi/c1-9(2)16(3,4)25(5,6)23-14-11(20)7-12(24-14)19-8-10(17)13(21)18-15(19)22/h9-12,14,20H,7-8H2,1-6H3,(H,18,21,22)/t10?,11-,12+,14-/m0/s1. The molecule has 6 nitrogen and oxygen atoms in total. The number of hydrogen-bond acceptors (Lipinski definition) is 5. The average molecular weight is 393 g/mol. The first kappa shape index (κ1) is 20.7. The van der Waals surface area contributed by atoms with Crippen molar-refractivity contribution >= 4 is 32.0 Å². The van der Waals surface area contributed by atoms with Crippen LogP contribution in [0.15, 0.2) is 0 Å². The molecule has 0 bridgehead atoms. The van der Waals surface area contributed by atoms with Gasteiger partial charge in [0.25, 0.3) is 5.91 Å². The number of hydrogen-bond donors (Lipinski definition) is 2. The van der Waals surface area contributed by atoms with Gasteiger partial charge in [-0.25, -0.2) is 9.18 Å². The van der Waals surface area contributed by atoms with Crippen LogP contribution in [0.4, 0.5) is 9.18 Å². The van der Waals surface area contributed by atoms with Crippen LogP contribution in [0.25, 0.3) is 0 Å². The number of carbonyl (C=O) groups is 2. The zero-order chi connectivity index (χ0) is 19.2. The van der Waals surface area contributed by atoms with Crippen LogP contribution < -0.4 is 5.32 Å². The summed E-state index contributed by atoms with van der Waals surface area (Å²) in [6.45, 7) is 12.7. The number of alkyl halides is 1. The second kappa shape index (κ2) is 7.17. The number of halogens is 1. The van der Waals surface area contributed by atoms with Crippen molar-refractivity contribution in [3.05, 3.63) is 0 Å². The minimum absolute atomic E-state index is 0.00428. The maximum absolute atomic E-state index is 13.7. The van der Waals surface area contributed by atoms with E-state index in [4.69, 9.17) is 4.43 Å². The van der Waals surface area contributed by atoms with Gasteiger partial charge in [0.1, 0.15) is 5.44 Å². The third-order valence-electron chi connectivity index (χ3n) is 5.93. The van der Waals surface area contributed by atoms with Crippen LogP contribution in [0.2, 0.25) is 18.1 Å². The molecule has 0 spiro atoms. The summed E-state index contributed by atoms with van der Waals surface area (Å²) in [7, 11) is -2.15. The summed E-state index contributed by atoms with van der Waals surface area (Å²) < 4.78 is 20.0. The summed E-state index contributed by atoms with van der Waals surface area (Å²) in [6.07, 6.45) is -2.16. The molecule has 2 heterocycles. The zero-order valence-electron chi connectivity index (χ0n) is 15.7. The van der Waals surface area contributed by atoms with Crippen LogP contribution in [-0.2, 0) is 9.22 Å². The highest BCUT2D eigenvalue weighted by atomic mass is 32.2. The molecule has 9 heteroatoms. The van der Waals surface area contributed by atoms with E-state index in [0.717, 1.165) is 0 Å². The van der Waals surface area contributed by atoms with Crippen molar-refractivity contribution in [1.82, 2.24) is 10.2 Å². The highest BCUT2D eigenvalue weighted by molar-refractivity contribution is 8.00. The Hall–Kier alpha value is -0.643. The molecule has 2 aliphatic rings. The molecular weight excluding hydrogens is 363 g/mol. The number of nitrogens with zero attached hydrogens (tertiary/aromatic N) is 1. The van der Waals surface area contributed by atoms with Crippen LogP contribution in [0.1, 0.15) is 34.1 Å². The van der Waals surface area contributed by atoms with Gasteiger partial charge in [0, 0.05) is 6.42 Å². The lowest BCUT2D eigenvalue weighted by Gasteiger charge is -2.44. The number of thioether (sulfide) groups is 1. The van der Waals surface area contributed by atoms with Crippen molar-refractivity contribution in [3.63, 3.8) is 0 Å². The molecule has 4 atom stereocenters. The fourth-order valence-electron chi connectivity index (χ4n) is 2.91. The lowest BCUT2D eigenvalue weighted by atomic mass is 9.99. The Morgan fingerprint density at radius 3 is 2.56 bits per heavy atom. The van der Waals surface area contributed by atoms with E-state index in [1.807, 2.05) is 5.32 Å². The van der Waals surface area contributed by atoms with E-state index in [2.05, 4.69) is 40.8 Å². The molecule has 0 aliphatic carbocycles. The molecule has 3 amide bonds. The molecule has 2 saturated heterocycles. The number of aliphatic hydroxyl groups excluding tert-OH is 1. The highest BCUT2D eigenvalue weighted by Gasteiger charge is 2.49. The number of imide groups is 1. The fourth-order valence-corrected chi connectivity index (χ4v) is 7.52. The quantitative estimate of drug-likeness (QED) is 0.703. The Morgan fingerprint density at radius 2 is 2.00 bits per heavy atom. The third-order valence-corrected chi connectivity index (χ3v) is 12.1. The summed E-state index contributed by atoms with van der Waals surface area (Å²) >= 11 is 1.34. The van der Waals surface area contributed by atoms with E-state index >= 15 is 0 Å². The van der Waals surface area contributed by atoms with Crippen molar-refractivity contribution < 1.29 is 23.5 Å². The molecule has 25 heavy (non-hydrogen) atoms. The molecule has 144 valence electrons. The molecule has 0 aromatic carbocycles. The smallest absolute Gasteiger partial charge is 0.325 e. The maximum atomic E-state index is 13.7. The van der Waals surface area contributed by atoms with Crippen LogP contribution >= 0.6 is 11.8 Å². The summed E-state index contributed by atoms with van der Waals surface area (Å²) in [5.41, 5.74) is -0.451. The van der Waals surface area contributed by atoms with E-state index in [0.29, 0.717) is 12.3 Å². The van der Waals surface area contributed by atoms with Gasteiger partial charge in [-0.2, -0.15) is 0 Å². The molecule has 0 saturated carbocycles. The van der Waals surface area contributed by atoms with Crippen LogP contribution in [0, 0.1) is 5.92 Å². The molecule has 0 aromatic rings. The van der Waals surface area contributed by atoms with Gasteiger partial charge in [0.15, 0.2) is 14.5 Å². The molecule has 1 unspecified atom stereocenters. The van der Waals surface area contributed by atoms with Gasteiger partial charge < -0.3 is 14.4 Å². The molecule has 0 aromatic heterocycles. The Bertz CT molecular complexity index is 546. The van der Waals surface area contributed by atoms with Gasteiger partial charge in [-0.05, 0) is 24.1 Å². The van der Waals surface area contributed by atoms with Crippen LogP contribution in [0.5, 0.6) is 0 Å². The highest BCUT2D eigenvalue weighted by Crippen LogP contribution is 2.48. The van der Waals surface area contributed by atoms with E-state index in [1.165, 1.54) is 16.7 Å². The Labute approximate surface area is 154 Å². The summed E-state index contributed by atoms with van der Waals surface area (Å²) in [4.78, 5) is 24.5. The van der Waals surface area contributed by atoms with Crippen molar-refractivity contribution in [2.75, 3.05) is 6.54 Å². The van der Waals surface area contributed by atoms with Gasteiger partial charge in [-0.3, -0.25) is 10.1 Å². The molecule has 2 fully saturated rings. The van der Waals surface area contributed by atoms with Gasteiger partial charge in [-0.1, -0.05) is 27.7 Å². The van der Waals surface area contributed by atoms with Crippen molar-refractivity contribution in [2.45, 2.75) is 75.3 Å². The number of amides is 3. The van der Waals surface area contributed by atoms with E-state index in [9.17, 15) is 19.1 Å². The molecule has 2 rings (SSSR count). The normalized spacial score (nSPS) is 31.6. The molecule has 0 radical (unpaired) electrons. The van der Waals surface area contributed by atoms with Crippen molar-refractivity contribution in [3.8, 4) is 0 Å². The number of rotatable bonds is 5. The average Bonchev–Trinajstić information content (AvgIpc) is 2.82. The van der Waals surface area contributed by atoms with Gasteiger partial charge >= 0.3 is 6.03 Å². The van der Waals surface area contributed by atoms with Gasteiger partial charge in [0.2, 0.25) is 0 Å². The lowest BCUT2D eigenvalue weighted by molar-refractivity contribution is -0.127. The predicted octanol–water partition coefficient (Wildman–Crippen LogP) is 2.68. The van der Waals surface area contributed by atoms with Gasteiger partial charge in [-0.15, -0.1) is 11.8 Å². The fraction of sp³-hybridized carbons (Fsp3) is 0.875. The topological polar surface area (TPSA) is 78.9 Å². The minimum atomic E-state index is -2.15. The second-order valence-electron chi connectivity index (χ2n) is 8.18. The maximum Gasteiger partial charge on any atom is 0.325 e. The number of nitrogens with one attached hydrogen (secondary N) is 1. The van der Waals surface area contributed by atoms with Gasteiger partial charge in [0.05, 0.1) is 18.0 Å². The van der Waals surface area contributed by atoms with Crippen LogP contribution in [-0.4, -0.2) is 59.9 Å². The third kappa shape index (κ3) is 4.04. The first-order valence-electron chi connectivity index (χ1n) is 8.63. The second-order valence-corrected chi connectivity index (χ2v) is 14.0. The van der Waals surface area contributed by atoms with E-state index < -0.39 is 43.3 Å². The SMILES string of the molecule is CC(C)C(C)(C)[Si](C)(C)O[C@H]1S[C@@H](N2CC(F)C(=O)NC2=O)C[C@@H]1O. The minimum Gasteiger partial charge on any atom is -0.402 e. The molecular formula is C16H29FN2O4SSi. The van der Waals surface area contributed by atoms with Crippen LogP contribution in [0.3, 0.4) is 0 Å². The Morgan fingerprint density at radius 1 is 1.40 bits per heavy atom.